The van der Waals surface area contributed by atoms with Crippen LogP contribution in [0.4, 0.5) is 0 Å². The molecule has 0 bridgehead atoms. The van der Waals surface area contributed by atoms with Gasteiger partial charge in [0.05, 0.1) is 25.9 Å². The van der Waals surface area contributed by atoms with Gasteiger partial charge in [-0.25, -0.2) is 0 Å². The van der Waals surface area contributed by atoms with Crippen molar-refractivity contribution in [3.8, 4) is 0 Å². The predicted molar refractivity (Wildman–Crippen MR) is 71.6 cm³/mol. The highest BCUT2D eigenvalue weighted by atomic mass is 16.5. The van der Waals surface area contributed by atoms with Gasteiger partial charge in [0.2, 0.25) is 0 Å². The maximum Gasteiger partial charge on any atom is 0.107 e. The summed E-state index contributed by atoms with van der Waals surface area (Å²) in [4.78, 5) is 0. The Morgan fingerprint density at radius 2 is 2.11 bits per heavy atom. The van der Waals surface area contributed by atoms with Crippen LogP contribution in [0.3, 0.4) is 0 Å². The van der Waals surface area contributed by atoms with E-state index < -0.39 is 12.2 Å². The third-order valence-electron chi connectivity index (χ3n) is 3.06. The molecule has 19 heavy (non-hydrogen) atoms. The van der Waals surface area contributed by atoms with Crippen LogP contribution in [-0.2, 0) is 16.1 Å². The van der Waals surface area contributed by atoms with E-state index in [1.165, 1.54) is 0 Å². The molecule has 0 unspecified atom stereocenters. The second-order valence-electron chi connectivity index (χ2n) is 4.64. The molecule has 0 fully saturated rings. The molecule has 0 radical (unpaired) electrons. The second kappa shape index (κ2) is 7.40. The molecule has 1 heterocycles. The highest BCUT2D eigenvalue weighted by Gasteiger charge is 2.23. The molecule has 1 aromatic rings. The Balaban J connectivity index is 1.73. The summed E-state index contributed by atoms with van der Waals surface area (Å²) in [6.07, 6.45) is 3.14. The SMILES string of the molecule is OC[C@@H](O)[C@@H]1C=CC[C@H](COCc2ccccc2)O1. The third-order valence-corrected chi connectivity index (χ3v) is 3.06. The van der Waals surface area contributed by atoms with Gasteiger partial charge in [0.25, 0.3) is 0 Å². The molecule has 2 N–H and O–H groups in total. The molecule has 0 spiro atoms. The minimum absolute atomic E-state index is 0.0695. The van der Waals surface area contributed by atoms with E-state index in [9.17, 15) is 5.11 Å². The van der Waals surface area contributed by atoms with Crippen LogP contribution in [0.5, 0.6) is 0 Å². The summed E-state index contributed by atoms with van der Waals surface area (Å²) in [7, 11) is 0. The van der Waals surface area contributed by atoms with Crippen LogP contribution in [0.15, 0.2) is 42.5 Å². The Kier molecular flexibility index (Phi) is 5.54. The molecule has 1 aliphatic rings. The summed E-state index contributed by atoms with van der Waals surface area (Å²) in [5.74, 6) is 0. The Morgan fingerprint density at radius 3 is 2.84 bits per heavy atom. The van der Waals surface area contributed by atoms with E-state index in [0.29, 0.717) is 13.2 Å². The van der Waals surface area contributed by atoms with Crippen molar-refractivity contribution in [1.82, 2.24) is 0 Å². The largest absolute Gasteiger partial charge is 0.394 e. The fourth-order valence-corrected chi connectivity index (χ4v) is 2.00. The van der Waals surface area contributed by atoms with Gasteiger partial charge in [-0.2, -0.15) is 0 Å². The molecule has 104 valence electrons. The van der Waals surface area contributed by atoms with Crippen molar-refractivity contribution in [2.75, 3.05) is 13.2 Å². The topological polar surface area (TPSA) is 58.9 Å². The van der Waals surface area contributed by atoms with E-state index in [2.05, 4.69) is 0 Å². The zero-order valence-corrected chi connectivity index (χ0v) is 10.8. The molecular formula is C15H20O4. The minimum Gasteiger partial charge on any atom is -0.394 e. The molecule has 4 heteroatoms. The van der Waals surface area contributed by atoms with Crippen LogP contribution in [0.25, 0.3) is 0 Å². The smallest absolute Gasteiger partial charge is 0.107 e. The van der Waals surface area contributed by atoms with E-state index in [-0.39, 0.29) is 12.7 Å². The van der Waals surface area contributed by atoms with Gasteiger partial charge in [-0.1, -0.05) is 42.5 Å². The molecule has 1 aromatic carbocycles. The Hall–Kier alpha value is -1.20. The number of hydrogen-bond donors (Lipinski definition) is 2. The summed E-state index contributed by atoms with van der Waals surface area (Å²) in [6, 6.07) is 9.96. The number of ether oxygens (including phenoxy) is 2. The molecule has 3 atom stereocenters. The first-order valence-corrected chi connectivity index (χ1v) is 6.52. The Morgan fingerprint density at radius 1 is 1.32 bits per heavy atom. The van der Waals surface area contributed by atoms with Crippen molar-refractivity contribution in [2.24, 2.45) is 0 Å². The van der Waals surface area contributed by atoms with Gasteiger partial charge in [0.1, 0.15) is 12.2 Å². The van der Waals surface area contributed by atoms with E-state index >= 15 is 0 Å². The summed E-state index contributed by atoms with van der Waals surface area (Å²) in [5.41, 5.74) is 1.13. The summed E-state index contributed by atoms with van der Waals surface area (Å²) in [5, 5.41) is 18.4. The van der Waals surface area contributed by atoms with Gasteiger partial charge in [0, 0.05) is 0 Å². The highest BCUT2D eigenvalue weighted by molar-refractivity contribution is 5.13. The second-order valence-corrected chi connectivity index (χ2v) is 4.64. The Labute approximate surface area is 113 Å². The van der Waals surface area contributed by atoms with Crippen LogP contribution < -0.4 is 0 Å². The van der Waals surface area contributed by atoms with Crippen molar-refractivity contribution in [3.05, 3.63) is 48.0 Å². The molecule has 0 aromatic heterocycles. The number of benzene rings is 1. The maximum atomic E-state index is 9.54. The standard InChI is InChI=1S/C15H20O4/c16-9-14(17)15-8-4-7-13(19-15)11-18-10-12-5-2-1-3-6-12/h1-6,8,13-17H,7,9-11H2/t13-,14-,15+/m1/s1. The summed E-state index contributed by atoms with van der Waals surface area (Å²) >= 11 is 0. The predicted octanol–water partition coefficient (Wildman–Crippen LogP) is 1.27. The minimum atomic E-state index is -0.867. The summed E-state index contributed by atoms with van der Waals surface area (Å²) in [6.45, 7) is 0.734. The molecular weight excluding hydrogens is 244 g/mol. The first kappa shape index (κ1) is 14.2. The van der Waals surface area contributed by atoms with Crippen molar-refractivity contribution < 1.29 is 19.7 Å². The van der Waals surface area contributed by atoms with Crippen LogP contribution in [-0.4, -0.2) is 41.7 Å². The average Bonchev–Trinajstić information content (AvgIpc) is 2.48. The fraction of sp³-hybridized carbons (Fsp3) is 0.467. The first-order valence-electron chi connectivity index (χ1n) is 6.52. The lowest BCUT2D eigenvalue weighted by Gasteiger charge is -2.28. The van der Waals surface area contributed by atoms with E-state index in [1.807, 2.05) is 36.4 Å². The van der Waals surface area contributed by atoms with Gasteiger partial charge < -0.3 is 19.7 Å². The van der Waals surface area contributed by atoms with Crippen molar-refractivity contribution in [3.63, 3.8) is 0 Å². The number of aliphatic hydroxyl groups excluding tert-OH is 2. The average molecular weight is 264 g/mol. The van der Waals surface area contributed by atoms with Gasteiger partial charge in [0.15, 0.2) is 0 Å². The highest BCUT2D eigenvalue weighted by Crippen LogP contribution is 2.16. The molecule has 0 amide bonds. The lowest BCUT2D eigenvalue weighted by Crippen LogP contribution is -2.37. The Bertz CT molecular complexity index is 390. The maximum absolute atomic E-state index is 9.54. The normalized spacial score (nSPS) is 24.3. The first-order chi connectivity index (χ1) is 9.29. The zero-order chi connectivity index (χ0) is 13.5. The van der Waals surface area contributed by atoms with Crippen molar-refractivity contribution in [1.29, 1.82) is 0 Å². The van der Waals surface area contributed by atoms with Crippen LogP contribution >= 0.6 is 0 Å². The fourth-order valence-electron chi connectivity index (χ4n) is 2.00. The molecule has 2 rings (SSSR count). The van der Waals surface area contributed by atoms with Gasteiger partial charge >= 0.3 is 0 Å². The third kappa shape index (κ3) is 4.44. The molecule has 0 saturated heterocycles. The molecule has 0 aliphatic carbocycles. The monoisotopic (exact) mass is 264 g/mol. The van der Waals surface area contributed by atoms with E-state index in [0.717, 1.165) is 12.0 Å². The van der Waals surface area contributed by atoms with Gasteiger partial charge in [-0.05, 0) is 12.0 Å². The molecule has 1 aliphatic heterocycles. The quantitative estimate of drug-likeness (QED) is 0.760. The van der Waals surface area contributed by atoms with Crippen LogP contribution in [0.1, 0.15) is 12.0 Å². The number of aliphatic hydroxyl groups is 2. The lowest BCUT2D eigenvalue weighted by atomic mass is 10.1. The van der Waals surface area contributed by atoms with E-state index in [1.54, 1.807) is 6.08 Å². The molecule has 0 saturated carbocycles. The van der Waals surface area contributed by atoms with Gasteiger partial charge in [-0.15, -0.1) is 0 Å². The number of hydrogen-bond acceptors (Lipinski definition) is 4. The van der Waals surface area contributed by atoms with Gasteiger partial charge in [-0.3, -0.25) is 0 Å². The number of rotatable bonds is 6. The zero-order valence-electron chi connectivity index (χ0n) is 10.8. The van der Waals surface area contributed by atoms with Crippen LogP contribution in [0.2, 0.25) is 0 Å². The van der Waals surface area contributed by atoms with E-state index in [4.69, 9.17) is 14.6 Å². The molecule has 4 nitrogen and oxygen atoms in total. The lowest BCUT2D eigenvalue weighted by molar-refractivity contribution is -0.0979. The van der Waals surface area contributed by atoms with Crippen molar-refractivity contribution in [2.45, 2.75) is 31.3 Å². The van der Waals surface area contributed by atoms with Crippen LogP contribution in [0, 0.1) is 0 Å². The van der Waals surface area contributed by atoms with Crippen molar-refractivity contribution >= 4 is 0 Å². The summed E-state index contributed by atoms with van der Waals surface area (Å²) < 4.78 is 11.3.